The van der Waals surface area contributed by atoms with E-state index in [-0.39, 0.29) is 18.2 Å². The molecule has 2 aliphatic rings. The van der Waals surface area contributed by atoms with Crippen molar-refractivity contribution in [1.29, 1.82) is 0 Å². The number of hydrogen-bond donors (Lipinski definition) is 1. The summed E-state index contributed by atoms with van der Waals surface area (Å²) in [7, 11) is 0. The van der Waals surface area contributed by atoms with E-state index in [4.69, 9.17) is 14.2 Å². The molecule has 5 rings (SSSR count). The van der Waals surface area contributed by atoms with Gasteiger partial charge in [-0.1, -0.05) is 6.07 Å². The first-order valence-electron chi connectivity index (χ1n) is 11.5. The van der Waals surface area contributed by atoms with Crippen LogP contribution in [0.5, 0.6) is 11.5 Å². The molecule has 10 heteroatoms. The highest BCUT2D eigenvalue weighted by molar-refractivity contribution is 5.69. The van der Waals surface area contributed by atoms with Crippen molar-refractivity contribution in [2.24, 2.45) is 0 Å². The molecule has 3 aromatic rings. The average Bonchev–Trinajstić information content (AvgIpc) is 2.87. The summed E-state index contributed by atoms with van der Waals surface area (Å²) < 4.78 is 18.2. The van der Waals surface area contributed by atoms with E-state index < -0.39 is 6.09 Å². The Morgan fingerprint density at radius 2 is 1.91 bits per heavy atom. The lowest BCUT2D eigenvalue weighted by Crippen LogP contribution is -2.45. The average molecular weight is 466 g/mol. The number of likely N-dealkylation sites (tertiary alicyclic amines) is 1. The van der Waals surface area contributed by atoms with E-state index in [1.807, 2.05) is 30.3 Å². The zero-order valence-corrected chi connectivity index (χ0v) is 18.8. The van der Waals surface area contributed by atoms with Gasteiger partial charge < -0.3 is 29.0 Å². The molecular formula is C24H27N5O5. The Bertz CT molecular complexity index is 1220. The molecule has 0 radical (unpaired) electrons. The Morgan fingerprint density at radius 1 is 1.09 bits per heavy atom. The number of aromatic nitrogens is 3. The zero-order chi connectivity index (χ0) is 23.3. The Kier molecular flexibility index (Phi) is 6.57. The van der Waals surface area contributed by atoms with E-state index in [9.17, 15) is 9.59 Å². The summed E-state index contributed by atoms with van der Waals surface area (Å²) in [5.41, 5.74) is 2.04. The fourth-order valence-corrected chi connectivity index (χ4v) is 4.31. The first-order valence-corrected chi connectivity index (χ1v) is 11.5. The third-order valence-corrected chi connectivity index (χ3v) is 6.15. The van der Waals surface area contributed by atoms with Gasteiger partial charge in [-0.3, -0.25) is 4.79 Å². The molecule has 0 atom stereocenters. The van der Waals surface area contributed by atoms with E-state index in [1.165, 1.54) is 6.20 Å². The lowest BCUT2D eigenvalue weighted by Gasteiger charge is -2.32. The summed E-state index contributed by atoms with van der Waals surface area (Å²) in [6, 6.07) is 9.28. The maximum Gasteiger partial charge on any atom is 0.407 e. The maximum absolute atomic E-state index is 12.3. The minimum atomic E-state index is -0.421. The summed E-state index contributed by atoms with van der Waals surface area (Å²) >= 11 is 0. The van der Waals surface area contributed by atoms with Gasteiger partial charge in [-0.25, -0.2) is 14.8 Å². The Morgan fingerprint density at radius 3 is 2.76 bits per heavy atom. The van der Waals surface area contributed by atoms with Crippen molar-refractivity contribution < 1.29 is 19.0 Å². The van der Waals surface area contributed by atoms with E-state index in [1.54, 1.807) is 10.8 Å². The second-order valence-electron chi connectivity index (χ2n) is 8.41. The number of piperidine rings is 1. The van der Waals surface area contributed by atoms with E-state index in [2.05, 4.69) is 20.2 Å². The van der Waals surface area contributed by atoms with Gasteiger partial charge in [-0.15, -0.1) is 0 Å². The third kappa shape index (κ3) is 5.12. The lowest BCUT2D eigenvalue weighted by atomic mass is 10.1. The fraction of sp³-hybridized carbons (Fsp3) is 0.417. The summed E-state index contributed by atoms with van der Waals surface area (Å²) in [5, 5.41) is 2.96. The van der Waals surface area contributed by atoms with Crippen LogP contribution in [-0.2, 0) is 17.9 Å². The molecule has 0 aliphatic carbocycles. The maximum atomic E-state index is 12.3. The number of nitrogens with one attached hydrogen (secondary N) is 1. The molecule has 10 nitrogen and oxygen atoms in total. The van der Waals surface area contributed by atoms with Crippen LogP contribution in [0.1, 0.15) is 18.4 Å². The molecule has 0 unspecified atom stereocenters. The predicted octanol–water partition coefficient (Wildman–Crippen LogP) is 1.95. The van der Waals surface area contributed by atoms with Crippen LogP contribution >= 0.6 is 0 Å². The quantitative estimate of drug-likeness (QED) is 0.589. The molecule has 1 aromatic carbocycles. The SMILES string of the molecule is O=C(NC1CCN(CCn2c(=O)cnc3ncccc32)CC1)OCc1ccc2c(c1)OCCO2. The van der Waals surface area contributed by atoms with Crippen molar-refractivity contribution >= 4 is 17.3 Å². The van der Waals surface area contributed by atoms with Crippen LogP contribution in [0.15, 0.2) is 47.5 Å². The smallest absolute Gasteiger partial charge is 0.407 e. The summed E-state index contributed by atoms with van der Waals surface area (Å²) in [5.74, 6) is 1.39. The van der Waals surface area contributed by atoms with Crippen LogP contribution in [0.4, 0.5) is 4.79 Å². The molecular weight excluding hydrogens is 438 g/mol. The van der Waals surface area contributed by atoms with Crippen molar-refractivity contribution in [3.8, 4) is 11.5 Å². The van der Waals surface area contributed by atoms with Crippen LogP contribution in [0.2, 0.25) is 0 Å². The number of benzene rings is 1. The monoisotopic (exact) mass is 465 g/mol. The van der Waals surface area contributed by atoms with Crippen molar-refractivity contribution in [2.75, 3.05) is 32.8 Å². The van der Waals surface area contributed by atoms with Crippen LogP contribution in [0.3, 0.4) is 0 Å². The zero-order valence-electron chi connectivity index (χ0n) is 18.8. The number of carbonyl (C=O) groups is 1. The molecule has 0 spiro atoms. The van der Waals surface area contributed by atoms with Gasteiger partial charge in [0.05, 0.1) is 11.7 Å². The molecule has 2 aromatic heterocycles. The van der Waals surface area contributed by atoms with Gasteiger partial charge in [0, 0.05) is 38.4 Å². The first kappa shape index (κ1) is 22.1. The van der Waals surface area contributed by atoms with Crippen molar-refractivity contribution in [1.82, 2.24) is 24.8 Å². The van der Waals surface area contributed by atoms with Crippen molar-refractivity contribution in [3.63, 3.8) is 0 Å². The number of amides is 1. The molecule has 0 bridgehead atoms. The van der Waals surface area contributed by atoms with Crippen molar-refractivity contribution in [2.45, 2.75) is 32.0 Å². The highest BCUT2D eigenvalue weighted by Gasteiger charge is 2.21. The standard InChI is InChI=1S/C24H27N5O5/c30-22-15-26-23-19(2-1-7-25-23)29(22)11-10-28-8-5-18(6-9-28)27-24(31)34-16-17-3-4-20-21(14-17)33-13-12-32-20/h1-4,7,14-15,18H,5-6,8-13,16H2,(H,27,31). The largest absolute Gasteiger partial charge is 0.486 e. The van der Waals surface area contributed by atoms with Gasteiger partial charge in [-0.05, 0) is 42.7 Å². The van der Waals surface area contributed by atoms with Gasteiger partial charge in [-0.2, -0.15) is 0 Å². The highest BCUT2D eigenvalue weighted by atomic mass is 16.6. The van der Waals surface area contributed by atoms with E-state index in [0.717, 1.165) is 43.6 Å². The van der Waals surface area contributed by atoms with Gasteiger partial charge in [0.25, 0.3) is 5.56 Å². The topological polar surface area (TPSA) is 108 Å². The molecule has 1 saturated heterocycles. The normalized spacial score (nSPS) is 16.4. The van der Waals surface area contributed by atoms with Crippen LogP contribution < -0.4 is 20.3 Å². The number of hydrogen-bond acceptors (Lipinski definition) is 8. The highest BCUT2D eigenvalue weighted by Crippen LogP contribution is 2.30. The molecule has 1 fully saturated rings. The molecule has 1 N–H and O–H groups in total. The molecule has 178 valence electrons. The van der Waals surface area contributed by atoms with E-state index >= 15 is 0 Å². The molecule has 0 saturated carbocycles. The number of carbonyl (C=O) groups excluding carboxylic acids is 1. The summed E-state index contributed by atoms with van der Waals surface area (Å²) in [6.07, 6.45) is 4.22. The number of rotatable bonds is 6. The Hall–Kier alpha value is -3.66. The molecule has 1 amide bonds. The molecule has 34 heavy (non-hydrogen) atoms. The van der Waals surface area contributed by atoms with E-state index in [0.29, 0.717) is 36.9 Å². The lowest BCUT2D eigenvalue weighted by molar-refractivity contribution is 0.125. The van der Waals surface area contributed by atoms with Crippen LogP contribution in [0, 0.1) is 0 Å². The van der Waals surface area contributed by atoms with Gasteiger partial charge in [0.1, 0.15) is 19.8 Å². The number of alkyl carbamates (subject to hydrolysis) is 1. The second kappa shape index (κ2) is 10.1. The summed E-state index contributed by atoms with van der Waals surface area (Å²) in [4.78, 5) is 35.2. The Labute approximate surface area is 196 Å². The third-order valence-electron chi connectivity index (χ3n) is 6.15. The molecule has 2 aliphatic heterocycles. The first-order chi connectivity index (χ1) is 16.7. The second-order valence-corrected chi connectivity index (χ2v) is 8.41. The number of pyridine rings is 1. The minimum absolute atomic E-state index is 0.0673. The number of nitrogens with zero attached hydrogens (tertiary/aromatic N) is 4. The van der Waals surface area contributed by atoms with Gasteiger partial charge >= 0.3 is 6.09 Å². The van der Waals surface area contributed by atoms with Crippen LogP contribution in [-0.4, -0.2) is 64.4 Å². The number of ether oxygens (including phenoxy) is 3. The predicted molar refractivity (Wildman–Crippen MR) is 124 cm³/mol. The van der Waals surface area contributed by atoms with Gasteiger partial charge in [0.15, 0.2) is 17.1 Å². The summed E-state index contributed by atoms with van der Waals surface area (Å²) in [6.45, 7) is 4.22. The van der Waals surface area contributed by atoms with Crippen LogP contribution in [0.25, 0.3) is 11.2 Å². The Balaban J connectivity index is 1.06. The minimum Gasteiger partial charge on any atom is -0.486 e. The van der Waals surface area contributed by atoms with Crippen molar-refractivity contribution in [3.05, 3.63) is 58.6 Å². The number of fused-ring (bicyclic) bond motifs is 2. The molecule has 4 heterocycles. The fourth-order valence-electron chi connectivity index (χ4n) is 4.31. The van der Waals surface area contributed by atoms with Gasteiger partial charge in [0.2, 0.25) is 0 Å².